The number of fused-ring (bicyclic) bond motifs is 1. The number of methoxy groups -OCH3 is 1. The molecule has 1 aromatic carbocycles. The van der Waals surface area contributed by atoms with Crippen molar-refractivity contribution in [3.05, 3.63) is 41.9 Å². The number of primary sulfonamides is 1. The van der Waals surface area contributed by atoms with Crippen molar-refractivity contribution < 1.29 is 22.4 Å². The Kier molecular flexibility index (Phi) is 5.08. The zero-order valence-electron chi connectivity index (χ0n) is 14.1. The number of carbonyl (C=O) groups excluding carboxylic acids is 1. The molecule has 10 heteroatoms. The summed E-state index contributed by atoms with van der Waals surface area (Å²) in [7, 11) is -2.49. The molecule has 0 spiro atoms. The molecular formula is C16H17N3O5S2. The molecule has 0 fully saturated rings. The van der Waals surface area contributed by atoms with Crippen LogP contribution in [0.3, 0.4) is 0 Å². The van der Waals surface area contributed by atoms with Gasteiger partial charge in [0.2, 0.25) is 15.8 Å². The fourth-order valence-corrected chi connectivity index (χ4v) is 3.99. The molecule has 3 aromatic rings. The van der Waals surface area contributed by atoms with Gasteiger partial charge < -0.3 is 13.7 Å². The summed E-state index contributed by atoms with van der Waals surface area (Å²) in [6.07, 6.45) is 0. The molecule has 2 N–H and O–H groups in total. The van der Waals surface area contributed by atoms with E-state index in [0.29, 0.717) is 28.7 Å². The number of rotatable bonds is 6. The second-order valence-electron chi connectivity index (χ2n) is 5.38. The Balaban J connectivity index is 1.87. The van der Waals surface area contributed by atoms with E-state index in [9.17, 15) is 13.2 Å². The van der Waals surface area contributed by atoms with E-state index in [1.54, 1.807) is 18.2 Å². The van der Waals surface area contributed by atoms with Gasteiger partial charge in [-0.3, -0.25) is 0 Å². The maximum absolute atomic E-state index is 11.5. The Morgan fingerprint density at radius 2 is 2.12 bits per heavy atom. The molecule has 0 aliphatic heterocycles. The average molecular weight is 395 g/mol. The highest BCUT2D eigenvalue weighted by molar-refractivity contribution is 7.98. The summed E-state index contributed by atoms with van der Waals surface area (Å²) in [6.45, 7) is 2.64. The summed E-state index contributed by atoms with van der Waals surface area (Å²) in [5.74, 6) is 0.681. The van der Waals surface area contributed by atoms with Crippen LogP contribution >= 0.6 is 11.8 Å². The van der Waals surface area contributed by atoms with Crippen molar-refractivity contribution in [2.75, 3.05) is 7.11 Å². The van der Waals surface area contributed by atoms with Crippen LogP contribution in [0.4, 0.5) is 0 Å². The van der Waals surface area contributed by atoms with Crippen LogP contribution in [-0.4, -0.2) is 31.0 Å². The number of hydrogen-bond donors (Lipinski definition) is 1. The van der Waals surface area contributed by atoms with E-state index >= 15 is 0 Å². The first-order valence-corrected chi connectivity index (χ1v) is 10.2. The fraction of sp³-hybridized carbons (Fsp3) is 0.250. The molecule has 0 saturated carbocycles. The predicted molar refractivity (Wildman–Crippen MR) is 96.4 cm³/mol. The topological polar surface area (TPSA) is 117 Å². The molecular weight excluding hydrogens is 378 g/mol. The third-order valence-electron chi connectivity index (χ3n) is 3.72. The minimum Gasteiger partial charge on any atom is -0.463 e. The number of sulfonamides is 1. The summed E-state index contributed by atoms with van der Waals surface area (Å²) in [6, 6.07) is 7.89. The summed E-state index contributed by atoms with van der Waals surface area (Å²) in [4.78, 5) is 16.0. The van der Waals surface area contributed by atoms with Gasteiger partial charge in [-0.1, -0.05) is 11.8 Å². The predicted octanol–water partition coefficient (Wildman–Crippen LogP) is 2.38. The number of hydrogen-bond acceptors (Lipinski definition) is 7. The molecule has 0 radical (unpaired) electrons. The molecule has 2 aromatic heterocycles. The lowest BCUT2D eigenvalue weighted by atomic mass is 10.3. The van der Waals surface area contributed by atoms with E-state index in [1.165, 1.54) is 31.0 Å². The largest absolute Gasteiger partial charge is 0.463 e. The molecule has 0 atom stereocenters. The smallest absolute Gasteiger partial charge is 0.373 e. The van der Waals surface area contributed by atoms with E-state index in [-0.39, 0.29) is 10.7 Å². The SMILES string of the molecule is CCn1c(SCc2ccc(C(=O)OC)o2)nc2cc(S(N)(=O)=O)ccc21. The van der Waals surface area contributed by atoms with E-state index in [0.717, 1.165) is 5.52 Å². The lowest BCUT2D eigenvalue weighted by Crippen LogP contribution is -2.11. The summed E-state index contributed by atoms with van der Waals surface area (Å²) in [5, 5.41) is 5.89. The van der Waals surface area contributed by atoms with E-state index in [2.05, 4.69) is 9.72 Å². The van der Waals surface area contributed by atoms with E-state index in [4.69, 9.17) is 9.56 Å². The number of ether oxygens (including phenoxy) is 1. The van der Waals surface area contributed by atoms with Crippen LogP contribution in [-0.2, 0) is 27.1 Å². The number of nitrogens with two attached hydrogens (primary N) is 1. The Labute approximate surface area is 154 Å². The van der Waals surface area contributed by atoms with Crippen molar-refractivity contribution in [3.8, 4) is 0 Å². The van der Waals surface area contributed by atoms with Gasteiger partial charge in [0.1, 0.15) is 5.76 Å². The second kappa shape index (κ2) is 7.14. The molecule has 0 unspecified atom stereocenters. The first-order chi connectivity index (χ1) is 12.3. The number of furan rings is 1. The Morgan fingerprint density at radius 1 is 1.35 bits per heavy atom. The van der Waals surface area contributed by atoms with Gasteiger partial charge in [-0.05, 0) is 37.3 Å². The van der Waals surface area contributed by atoms with Crippen molar-refractivity contribution in [2.45, 2.75) is 29.3 Å². The van der Waals surface area contributed by atoms with Crippen molar-refractivity contribution in [3.63, 3.8) is 0 Å². The number of benzene rings is 1. The minimum atomic E-state index is -3.78. The molecule has 8 nitrogen and oxygen atoms in total. The Hall–Kier alpha value is -2.30. The summed E-state index contributed by atoms with van der Waals surface area (Å²) < 4.78 is 35.1. The van der Waals surface area contributed by atoms with Gasteiger partial charge in [-0.25, -0.2) is 23.3 Å². The maximum Gasteiger partial charge on any atom is 0.373 e. The fourth-order valence-electron chi connectivity index (χ4n) is 2.48. The average Bonchev–Trinajstić information content (AvgIpc) is 3.21. The first kappa shape index (κ1) is 18.5. The molecule has 0 aliphatic carbocycles. The number of nitrogens with zero attached hydrogens (tertiary/aromatic N) is 2. The number of aromatic nitrogens is 2. The first-order valence-electron chi connectivity index (χ1n) is 7.66. The van der Waals surface area contributed by atoms with Crippen LogP contribution in [0.1, 0.15) is 23.2 Å². The lowest BCUT2D eigenvalue weighted by Gasteiger charge is -2.05. The Morgan fingerprint density at radius 3 is 2.77 bits per heavy atom. The van der Waals surface area contributed by atoms with Crippen LogP contribution < -0.4 is 5.14 Å². The molecule has 2 heterocycles. The maximum atomic E-state index is 11.5. The van der Waals surface area contributed by atoms with Gasteiger partial charge in [-0.15, -0.1) is 0 Å². The van der Waals surface area contributed by atoms with Crippen LogP contribution in [0.5, 0.6) is 0 Å². The number of imidazole rings is 1. The zero-order valence-corrected chi connectivity index (χ0v) is 15.8. The molecule has 0 amide bonds. The van der Waals surface area contributed by atoms with Crippen LogP contribution in [0.25, 0.3) is 11.0 Å². The minimum absolute atomic E-state index is 0.0241. The molecule has 3 rings (SSSR count). The Bertz CT molecular complexity index is 1070. The third-order valence-corrected chi connectivity index (χ3v) is 5.63. The van der Waals surface area contributed by atoms with Gasteiger partial charge in [0, 0.05) is 6.54 Å². The van der Waals surface area contributed by atoms with Crippen molar-refractivity contribution >= 4 is 38.8 Å². The van der Waals surface area contributed by atoms with Crippen LogP contribution in [0.2, 0.25) is 0 Å². The molecule has 0 aliphatic rings. The molecule has 138 valence electrons. The molecule has 26 heavy (non-hydrogen) atoms. The van der Waals surface area contributed by atoms with Gasteiger partial charge in [0.05, 0.1) is 28.8 Å². The second-order valence-corrected chi connectivity index (χ2v) is 7.88. The van der Waals surface area contributed by atoms with Gasteiger partial charge >= 0.3 is 5.97 Å². The van der Waals surface area contributed by atoms with Gasteiger partial charge in [0.15, 0.2) is 5.16 Å². The molecule has 0 bridgehead atoms. The number of esters is 1. The van der Waals surface area contributed by atoms with Crippen molar-refractivity contribution in [2.24, 2.45) is 5.14 Å². The van der Waals surface area contributed by atoms with E-state index < -0.39 is 16.0 Å². The highest BCUT2D eigenvalue weighted by Crippen LogP contribution is 2.28. The molecule has 0 saturated heterocycles. The van der Waals surface area contributed by atoms with Crippen molar-refractivity contribution in [1.82, 2.24) is 9.55 Å². The summed E-state index contributed by atoms with van der Waals surface area (Å²) >= 11 is 1.42. The van der Waals surface area contributed by atoms with Crippen molar-refractivity contribution in [1.29, 1.82) is 0 Å². The third kappa shape index (κ3) is 3.62. The highest BCUT2D eigenvalue weighted by Gasteiger charge is 2.16. The van der Waals surface area contributed by atoms with Crippen LogP contribution in [0, 0.1) is 0 Å². The monoisotopic (exact) mass is 395 g/mol. The van der Waals surface area contributed by atoms with Gasteiger partial charge in [0.25, 0.3) is 0 Å². The van der Waals surface area contributed by atoms with Gasteiger partial charge in [-0.2, -0.15) is 0 Å². The number of thioether (sulfide) groups is 1. The number of carbonyl (C=O) groups is 1. The zero-order chi connectivity index (χ0) is 18.9. The normalized spacial score (nSPS) is 11.8. The summed E-state index contributed by atoms with van der Waals surface area (Å²) in [5.41, 5.74) is 1.37. The lowest BCUT2D eigenvalue weighted by molar-refractivity contribution is 0.0563. The highest BCUT2D eigenvalue weighted by atomic mass is 32.2. The van der Waals surface area contributed by atoms with E-state index in [1.807, 2.05) is 11.5 Å². The quantitative estimate of drug-likeness (QED) is 0.503. The number of aryl methyl sites for hydroxylation is 1. The standard InChI is InChI=1S/C16H17N3O5S2/c1-3-19-13-6-5-11(26(17,21)22)8-12(13)18-16(19)25-9-10-4-7-14(24-10)15(20)23-2/h4-8H,3,9H2,1-2H3,(H2,17,21,22). The van der Waals surface area contributed by atoms with Crippen LogP contribution in [0.15, 0.2) is 44.8 Å².